The Kier molecular flexibility index (Phi) is 9.42. The number of rotatable bonds is 9. The second-order valence-corrected chi connectivity index (χ2v) is 11.3. The standard InChI is InChI=1S/C38H34ClN3O3/c39-30-18-22-32(23-19-30)45-27-9-25-41-24-8-26-42(36-15-7-6-14-35(36)41)38(44)29-16-20-31(21-17-29)40-37(43)34-13-5-4-12-33(34)28-10-2-1-3-11-28/h1-7,10-23H,8-9,24-27H2,(H,40,43). The van der Waals surface area contributed by atoms with Crippen molar-refractivity contribution in [3.8, 4) is 16.9 Å². The third kappa shape index (κ3) is 7.19. The SMILES string of the molecule is O=C(Nc1ccc(C(=O)N2CCCN(CCCOc3ccc(Cl)cc3)c3ccccc32)cc1)c1ccccc1-c1ccccc1. The first kappa shape index (κ1) is 30.0. The molecule has 226 valence electrons. The first-order chi connectivity index (χ1) is 22.1. The van der Waals surface area contributed by atoms with Crippen molar-refractivity contribution in [2.75, 3.05) is 41.4 Å². The van der Waals surface area contributed by atoms with Crippen molar-refractivity contribution in [2.45, 2.75) is 12.8 Å². The minimum Gasteiger partial charge on any atom is -0.494 e. The van der Waals surface area contributed by atoms with Gasteiger partial charge in [0.25, 0.3) is 11.8 Å². The van der Waals surface area contributed by atoms with Crippen molar-refractivity contribution < 1.29 is 14.3 Å². The van der Waals surface area contributed by atoms with Gasteiger partial charge in [-0.15, -0.1) is 0 Å². The van der Waals surface area contributed by atoms with Gasteiger partial charge in [0.1, 0.15) is 5.75 Å². The normalized spacial score (nSPS) is 12.6. The number of para-hydroxylation sites is 2. The average Bonchev–Trinajstić information content (AvgIpc) is 3.27. The number of nitrogens with one attached hydrogen (secondary N) is 1. The van der Waals surface area contributed by atoms with Crippen LogP contribution in [0.5, 0.6) is 5.75 Å². The minimum atomic E-state index is -0.200. The van der Waals surface area contributed by atoms with Crippen LogP contribution in [0.15, 0.2) is 127 Å². The van der Waals surface area contributed by atoms with E-state index in [0.717, 1.165) is 54.2 Å². The average molecular weight is 616 g/mol. The minimum absolute atomic E-state index is 0.0670. The van der Waals surface area contributed by atoms with Gasteiger partial charge in [0, 0.05) is 41.5 Å². The van der Waals surface area contributed by atoms with E-state index >= 15 is 0 Å². The molecule has 2 amide bonds. The van der Waals surface area contributed by atoms with Crippen LogP contribution in [0.4, 0.5) is 17.1 Å². The molecule has 1 heterocycles. The largest absolute Gasteiger partial charge is 0.494 e. The molecule has 0 aliphatic carbocycles. The van der Waals surface area contributed by atoms with Crippen LogP contribution in [0.3, 0.4) is 0 Å². The summed E-state index contributed by atoms with van der Waals surface area (Å²) in [7, 11) is 0. The van der Waals surface area contributed by atoms with E-state index in [1.807, 2.05) is 102 Å². The summed E-state index contributed by atoms with van der Waals surface area (Å²) in [5.41, 5.74) is 5.56. The Morgan fingerprint density at radius 3 is 2.20 bits per heavy atom. The Morgan fingerprint density at radius 1 is 0.733 bits per heavy atom. The van der Waals surface area contributed by atoms with Crippen LogP contribution in [0.25, 0.3) is 11.1 Å². The zero-order valence-electron chi connectivity index (χ0n) is 24.9. The van der Waals surface area contributed by atoms with Gasteiger partial charge in [-0.05, 0) is 90.7 Å². The number of hydrogen-bond acceptors (Lipinski definition) is 4. The van der Waals surface area contributed by atoms with Crippen LogP contribution in [0, 0.1) is 0 Å². The predicted octanol–water partition coefficient (Wildman–Crippen LogP) is 8.59. The number of halogens is 1. The van der Waals surface area contributed by atoms with Gasteiger partial charge < -0.3 is 19.9 Å². The Labute approximate surface area is 268 Å². The summed E-state index contributed by atoms with van der Waals surface area (Å²) in [5, 5.41) is 3.68. The second kappa shape index (κ2) is 14.1. The third-order valence-electron chi connectivity index (χ3n) is 7.87. The highest BCUT2D eigenvalue weighted by molar-refractivity contribution is 6.30. The van der Waals surface area contributed by atoms with E-state index in [2.05, 4.69) is 16.3 Å². The Morgan fingerprint density at radius 2 is 1.42 bits per heavy atom. The van der Waals surface area contributed by atoms with Crippen LogP contribution in [0.2, 0.25) is 5.02 Å². The first-order valence-electron chi connectivity index (χ1n) is 15.2. The van der Waals surface area contributed by atoms with E-state index in [4.69, 9.17) is 16.3 Å². The molecule has 0 fully saturated rings. The van der Waals surface area contributed by atoms with Crippen molar-refractivity contribution in [3.05, 3.63) is 144 Å². The molecule has 0 spiro atoms. The van der Waals surface area contributed by atoms with Crippen molar-refractivity contribution in [2.24, 2.45) is 0 Å². The van der Waals surface area contributed by atoms with Gasteiger partial charge in [-0.1, -0.05) is 72.3 Å². The van der Waals surface area contributed by atoms with Gasteiger partial charge in [-0.2, -0.15) is 0 Å². The van der Waals surface area contributed by atoms with E-state index in [0.29, 0.717) is 35.0 Å². The van der Waals surface area contributed by atoms with Crippen molar-refractivity contribution >= 4 is 40.5 Å². The maximum atomic E-state index is 13.8. The summed E-state index contributed by atoms with van der Waals surface area (Å²) < 4.78 is 5.90. The number of hydrogen-bond donors (Lipinski definition) is 1. The molecule has 0 bridgehead atoms. The van der Waals surface area contributed by atoms with Gasteiger partial charge in [0.15, 0.2) is 0 Å². The topological polar surface area (TPSA) is 61.9 Å². The van der Waals surface area contributed by atoms with Crippen molar-refractivity contribution in [1.82, 2.24) is 0 Å². The zero-order valence-corrected chi connectivity index (χ0v) is 25.6. The molecule has 0 aromatic heterocycles. The van der Waals surface area contributed by atoms with Gasteiger partial charge in [0.05, 0.1) is 18.0 Å². The lowest BCUT2D eigenvalue weighted by atomic mass is 9.99. The molecule has 6 nitrogen and oxygen atoms in total. The first-order valence-corrected chi connectivity index (χ1v) is 15.5. The fourth-order valence-electron chi connectivity index (χ4n) is 5.64. The number of anilines is 3. The molecular formula is C38H34ClN3O3. The maximum absolute atomic E-state index is 13.8. The van der Waals surface area contributed by atoms with Crippen LogP contribution in [-0.4, -0.2) is 38.1 Å². The van der Waals surface area contributed by atoms with E-state index < -0.39 is 0 Å². The molecule has 0 radical (unpaired) electrons. The van der Waals surface area contributed by atoms with Crippen LogP contribution in [0.1, 0.15) is 33.6 Å². The molecule has 1 N–H and O–H groups in total. The smallest absolute Gasteiger partial charge is 0.258 e. The molecular weight excluding hydrogens is 582 g/mol. The lowest BCUT2D eigenvalue weighted by Gasteiger charge is -2.27. The van der Waals surface area contributed by atoms with Crippen LogP contribution < -0.4 is 19.9 Å². The summed E-state index contributed by atoms with van der Waals surface area (Å²) in [5.74, 6) is 0.534. The number of amides is 2. The Bertz CT molecular complexity index is 1760. The van der Waals surface area contributed by atoms with Gasteiger partial charge >= 0.3 is 0 Å². The molecule has 1 aliphatic heterocycles. The number of fused-ring (bicyclic) bond motifs is 1. The molecule has 0 saturated heterocycles. The highest BCUT2D eigenvalue weighted by Gasteiger charge is 2.25. The predicted molar refractivity (Wildman–Crippen MR) is 183 cm³/mol. The summed E-state index contributed by atoms with van der Waals surface area (Å²) in [6.45, 7) is 2.86. The molecule has 0 atom stereocenters. The molecule has 5 aromatic carbocycles. The zero-order chi connectivity index (χ0) is 31.0. The summed E-state index contributed by atoms with van der Waals surface area (Å²) in [6, 6.07) is 40.0. The molecule has 5 aromatic rings. The summed E-state index contributed by atoms with van der Waals surface area (Å²) in [6.07, 6.45) is 1.68. The molecule has 6 rings (SSSR count). The molecule has 7 heteroatoms. The van der Waals surface area contributed by atoms with E-state index in [1.54, 1.807) is 24.3 Å². The van der Waals surface area contributed by atoms with Crippen LogP contribution >= 0.6 is 11.6 Å². The number of ether oxygens (including phenoxy) is 1. The summed E-state index contributed by atoms with van der Waals surface area (Å²) >= 11 is 5.97. The van der Waals surface area contributed by atoms with E-state index in [1.165, 1.54) is 0 Å². The highest BCUT2D eigenvalue weighted by atomic mass is 35.5. The van der Waals surface area contributed by atoms with Gasteiger partial charge in [-0.25, -0.2) is 0 Å². The Balaban J connectivity index is 1.11. The molecule has 0 saturated carbocycles. The highest BCUT2D eigenvalue weighted by Crippen LogP contribution is 2.33. The van der Waals surface area contributed by atoms with Crippen LogP contribution in [-0.2, 0) is 0 Å². The monoisotopic (exact) mass is 615 g/mol. The fraction of sp³-hybridized carbons (Fsp3) is 0.158. The maximum Gasteiger partial charge on any atom is 0.258 e. The van der Waals surface area contributed by atoms with Crippen molar-refractivity contribution in [3.63, 3.8) is 0 Å². The van der Waals surface area contributed by atoms with Gasteiger partial charge in [-0.3, -0.25) is 9.59 Å². The lowest BCUT2D eigenvalue weighted by molar-refractivity contribution is 0.0986. The fourth-order valence-corrected chi connectivity index (χ4v) is 5.77. The summed E-state index contributed by atoms with van der Waals surface area (Å²) in [4.78, 5) is 31.3. The van der Waals surface area contributed by atoms with Gasteiger partial charge in [0.2, 0.25) is 0 Å². The van der Waals surface area contributed by atoms with E-state index in [-0.39, 0.29) is 11.8 Å². The quantitative estimate of drug-likeness (QED) is 0.169. The van der Waals surface area contributed by atoms with Crippen molar-refractivity contribution in [1.29, 1.82) is 0 Å². The number of carbonyl (C=O) groups is 2. The molecule has 45 heavy (non-hydrogen) atoms. The lowest BCUT2D eigenvalue weighted by Crippen LogP contribution is -2.31. The molecule has 0 unspecified atom stereocenters. The number of nitrogens with zero attached hydrogens (tertiary/aromatic N) is 2. The number of benzene rings is 5. The van der Waals surface area contributed by atoms with E-state index in [9.17, 15) is 9.59 Å². The Hall–Kier alpha value is -5.07. The molecule has 1 aliphatic rings. The second-order valence-electron chi connectivity index (χ2n) is 10.9. The number of carbonyl (C=O) groups excluding carboxylic acids is 2. The third-order valence-corrected chi connectivity index (χ3v) is 8.12.